The number of rotatable bonds is 2. The number of carbonyl (C=O) groups excluding carboxylic acids is 1. The summed E-state index contributed by atoms with van der Waals surface area (Å²) in [6, 6.07) is 0. The number of carbonyl (C=O) groups is 1. The number of anilines is 1. The average molecular weight is 314 g/mol. The van der Waals surface area contributed by atoms with E-state index in [1.165, 1.54) is 0 Å². The molecule has 0 aromatic carbocycles. The van der Waals surface area contributed by atoms with Gasteiger partial charge in [0.25, 0.3) is 0 Å². The van der Waals surface area contributed by atoms with Gasteiger partial charge in [0.2, 0.25) is 20.8 Å². The van der Waals surface area contributed by atoms with Crippen molar-refractivity contribution in [2.75, 3.05) is 11.4 Å². The van der Waals surface area contributed by atoms with Crippen molar-refractivity contribution in [1.29, 1.82) is 0 Å². The van der Waals surface area contributed by atoms with Crippen molar-refractivity contribution in [3.63, 3.8) is 0 Å². The maximum Gasteiger partial charge on any atom is 0.237 e. The highest BCUT2D eigenvalue weighted by molar-refractivity contribution is 8.14. The molecule has 1 unspecified atom stereocenters. The molecule has 0 N–H and O–H groups in total. The van der Waals surface area contributed by atoms with Crippen molar-refractivity contribution in [2.24, 2.45) is 0 Å². The zero-order valence-corrected chi connectivity index (χ0v) is 11.0. The summed E-state index contributed by atoms with van der Waals surface area (Å²) in [5.41, 5.74) is 0. The van der Waals surface area contributed by atoms with E-state index in [0.29, 0.717) is 0 Å². The lowest BCUT2D eigenvalue weighted by Crippen LogP contribution is -2.28. The Hall–Kier alpha value is -0.990. The first kappa shape index (κ1) is 13.4. The Morgan fingerprint density at radius 3 is 2.67 bits per heavy atom. The molecule has 1 aliphatic rings. The third-order valence-corrected chi connectivity index (χ3v) is 4.60. The third-order valence-electron chi connectivity index (χ3n) is 2.47. The lowest BCUT2D eigenvalue weighted by Gasteiger charge is -2.15. The molecule has 98 valence electrons. The van der Waals surface area contributed by atoms with Gasteiger partial charge < -0.3 is 0 Å². The van der Waals surface area contributed by atoms with Crippen molar-refractivity contribution in [2.45, 2.75) is 11.7 Å². The molecule has 2 rings (SSSR count). The first-order chi connectivity index (χ1) is 8.30. The predicted octanol–water partition coefficient (Wildman–Crippen LogP) is 0.943. The summed E-state index contributed by atoms with van der Waals surface area (Å²) in [6.45, 7) is -0.255. The predicted molar refractivity (Wildman–Crippen MR) is 62.5 cm³/mol. The number of hydrogen-bond donors (Lipinski definition) is 0. The van der Waals surface area contributed by atoms with Crippen molar-refractivity contribution < 1.29 is 17.6 Å². The van der Waals surface area contributed by atoms with E-state index in [0.717, 1.165) is 11.2 Å². The van der Waals surface area contributed by atoms with Crippen LogP contribution in [0.3, 0.4) is 0 Å². The average Bonchev–Trinajstić information content (AvgIpc) is 2.64. The second-order valence-electron chi connectivity index (χ2n) is 3.61. The monoisotopic (exact) mass is 313 g/mol. The van der Waals surface area contributed by atoms with Crippen LogP contribution in [0.2, 0.25) is 5.15 Å². The molecule has 1 atom stereocenters. The summed E-state index contributed by atoms with van der Waals surface area (Å²) >= 11 is 5.46. The standard InChI is InChI=1S/C8H6Cl2FN3O3S/c9-7-6(11)8(13-3-12-7)14-2-4(1-5(14)15)18(10,16)17/h3-4H,1-2H2. The molecule has 6 nitrogen and oxygen atoms in total. The molecular formula is C8H6Cl2FN3O3S. The highest BCUT2D eigenvalue weighted by Crippen LogP contribution is 2.28. The van der Waals surface area contributed by atoms with Crippen LogP contribution in [0.4, 0.5) is 10.2 Å². The van der Waals surface area contributed by atoms with Crippen molar-refractivity contribution in [1.82, 2.24) is 9.97 Å². The molecule has 1 fully saturated rings. The first-order valence-corrected chi connectivity index (χ1v) is 7.45. The maximum atomic E-state index is 13.6. The fourth-order valence-corrected chi connectivity index (χ4v) is 2.75. The second kappa shape index (κ2) is 4.60. The van der Waals surface area contributed by atoms with Crippen LogP contribution in [0.25, 0.3) is 0 Å². The Labute approximate surface area is 111 Å². The van der Waals surface area contributed by atoms with Crippen LogP contribution < -0.4 is 4.90 Å². The van der Waals surface area contributed by atoms with Gasteiger partial charge in [0.1, 0.15) is 11.6 Å². The molecule has 0 radical (unpaired) electrons. The van der Waals surface area contributed by atoms with Crippen LogP contribution in [0.5, 0.6) is 0 Å². The highest BCUT2D eigenvalue weighted by Gasteiger charge is 2.39. The zero-order valence-electron chi connectivity index (χ0n) is 8.68. The topological polar surface area (TPSA) is 80.2 Å². The Kier molecular flexibility index (Phi) is 3.43. The summed E-state index contributed by atoms with van der Waals surface area (Å²) < 4.78 is 35.9. The molecule has 1 amide bonds. The molecule has 0 bridgehead atoms. The third kappa shape index (κ3) is 2.40. The van der Waals surface area contributed by atoms with E-state index < -0.39 is 31.2 Å². The molecule has 1 aromatic heterocycles. The summed E-state index contributed by atoms with van der Waals surface area (Å²) in [6.07, 6.45) is 0.670. The molecule has 2 heterocycles. The molecular weight excluding hydrogens is 308 g/mol. The normalized spacial score (nSPS) is 20.5. The van der Waals surface area contributed by atoms with Crippen LogP contribution >= 0.6 is 22.3 Å². The summed E-state index contributed by atoms with van der Waals surface area (Å²) in [5, 5.41) is -1.52. The van der Waals surface area contributed by atoms with Gasteiger partial charge >= 0.3 is 0 Å². The van der Waals surface area contributed by atoms with Crippen molar-refractivity contribution in [3.05, 3.63) is 17.3 Å². The zero-order chi connectivity index (χ0) is 13.5. The fraction of sp³-hybridized carbons (Fsp3) is 0.375. The highest BCUT2D eigenvalue weighted by atomic mass is 35.7. The van der Waals surface area contributed by atoms with Crippen LogP contribution in [-0.4, -0.2) is 36.1 Å². The van der Waals surface area contributed by atoms with E-state index in [4.69, 9.17) is 22.3 Å². The molecule has 10 heteroatoms. The first-order valence-electron chi connectivity index (χ1n) is 4.70. The molecule has 18 heavy (non-hydrogen) atoms. The van der Waals surface area contributed by atoms with Gasteiger partial charge in [-0.2, -0.15) is 4.39 Å². The maximum absolute atomic E-state index is 13.6. The Morgan fingerprint density at radius 1 is 1.44 bits per heavy atom. The number of nitrogens with zero attached hydrogens (tertiary/aromatic N) is 3. The van der Waals surface area contributed by atoms with E-state index in [1.807, 2.05) is 0 Å². The quantitative estimate of drug-likeness (QED) is 0.599. The molecule has 1 saturated heterocycles. The van der Waals surface area contributed by atoms with Gasteiger partial charge in [0.15, 0.2) is 11.0 Å². The minimum Gasteiger partial charge on any atom is -0.293 e. The lowest BCUT2D eigenvalue weighted by atomic mass is 10.4. The van der Waals surface area contributed by atoms with E-state index in [1.54, 1.807) is 0 Å². The summed E-state index contributed by atoms with van der Waals surface area (Å²) in [4.78, 5) is 19.5. The van der Waals surface area contributed by atoms with Crippen LogP contribution in [-0.2, 0) is 13.8 Å². The lowest BCUT2D eigenvalue weighted by molar-refractivity contribution is -0.117. The smallest absolute Gasteiger partial charge is 0.237 e. The molecule has 1 aromatic rings. The largest absolute Gasteiger partial charge is 0.293 e. The summed E-state index contributed by atoms with van der Waals surface area (Å²) in [7, 11) is 1.28. The van der Waals surface area contributed by atoms with Crippen LogP contribution in [0.1, 0.15) is 6.42 Å². The number of hydrogen-bond acceptors (Lipinski definition) is 5. The summed E-state index contributed by atoms with van der Waals surface area (Å²) in [5.74, 6) is -1.90. The Balaban J connectivity index is 2.36. The van der Waals surface area contributed by atoms with Gasteiger partial charge in [-0.05, 0) is 0 Å². The number of aromatic nitrogens is 2. The van der Waals surface area contributed by atoms with E-state index in [-0.39, 0.29) is 18.8 Å². The van der Waals surface area contributed by atoms with E-state index >= 15 is 0 Å². The Bertz CT molecular complexity index is 610. The van der Waals surface area contributed by atoms with E-state index in [9.17, 15) is 17.6 Å². The van der Waals surface area contributed by atoms with Gasteiger partial charge in [-0.1, -0.05) is 11.6 Å². The SMILES string of the molecule is O=C1CC(S(=O)(=O)Cl)CN1c1ncnc(Cl)c1F. The van der Waals surface area contributed by atoms with Crippen molar-refractivity contribution in [3.8, 4) is 0 Å². The molecule has 0 spiro atoms. The van der Waals surface area contributed by atoms with Crippen LogP contribution in [0.15, 0.2) is 6.33 Å². The number of halogens is 3. The molecule has 1 aliphatic heterocycles. The fourth-order valence-electron chi connectivity index (χ4n) is 1.60. The minimum absolute atomic E-state index is 0.255. The van der Waals surface area contributed by atoms with Gasteiger partial charge in [-0.15, -0.1) is 0 Å². The van der Waals surface area contributed by atoms with Gasteiger partial charge in [-0.3, -0.25) is 9.69 Å². The second-order valence-corrected chi connectivity index (χ2v) is 6.87. The minimum atomic E-state index is -3.89. The molecule has 0 aliphatic carbocycles. The van der Waals surface area contributed by atoms with Crippen molar-refractivity contribution >= 4 is 43.1 Å². The van der Waals surface area contributed by atoms with Gasteiger partial charge in [0, 0.05) is 23.6 Å². The van der Waals surface area contributed by atoms with Crippen LogP contribution in [0, 0.1) is 5.82 Å². The Morgan fingerprint density at radius 2 is 2.11 bits per heavy atom. The van der Waals surface area contributed by atoms with E-state index in [2.05, 4.69) is 9.97 Å². The molecule has 0 saturated carbocycles. The van der Waals surface area contributed by atoms with Gasteiger partial charge in [0.05, 0.1) is 0 Å². The van der Waals surface area contributed by atoms with Gasteiger partial charge in [-0.25, -0.2) is 18.4 Å². The number of amides is 1.